The molecule has 1 saturated heterocycles. The van der Waals surface area contributed by atoms with Gasteiger partial charge in [-0.3, -0.25) is 19.3 Å². The molecule has 0 radical (unpaired) electrons. The highest BCUT2D eigenvalue weighted by molar-refractivity contribution is 8.00. The van der Waals surface area contributed by atoms with Crippen molar-refractivity contribution in [2.45, 2.75) is 110 Å². The van der Waals surface area contributed by atoms with Crippen molar-refractivity contribution >= 4 is 41.5 Å². The average Bonchev–Trinajstić information content (AvgIpc) is 2.88. The predicted octanol–water partition coefficient (Wildman–Crippen LogP) is 3.67. The number of esters is 1. The van der Waals surface area contributed by atoms with Gasteiger partial charge in [-0.1, -0.05) is 44.2 Å². The molecule has 0 aliphatic carbocycles. The van der Waals surface area contributed by atoms with Crippen LogP contribution in [0.4, 0.5) is 4.79 Å². The summed E-state index contributed by atoms with van der Waals surface area (Å²) in [4.78, 5) is 67.3. The van der Waals surface area contributed by atoms with Crippen molar-refractivity contribution in [3.8, 4) is 0 Å². The summed E-state index contributed by atoms with van der Waals surface area (Å²) >= 11 is 1.43. The lowest BCUT2D eigenvalue weighted by Gasteiger charge is -2.50. The van der Waals surface area contributed by atoms with E-state index in [0.29, 0.717) is 17.7 Å². The maximum absolute atomic E-state index is 13.7. The van der Waals surface area contributed by atoms with Gasteiger partial charge in [0.2, 0.25) is 5.91 Å². The molecule has 4 atom stereocenters. The Kier molecular flexibility index (Phi) is 11.2. The molecule has 2 aliphatic rings. The van der Waals surface area contributed by atoms with Crippen molar-refractivity contribution in [1.29, 1.82) is 0 Å². The molecule has 2 aliphatic heterocycles. The van der Waals surface area contributed by atoms with Crippen LogP contribution in [0.2, 0.25) is 0 Å². The third-order valence-corrected chi connectivity index (χ3v) is 8.09. The molecule has 2 heterocycles. The van der Waals surface area contributed by atoms with Gasteiger partial charge >= 0.3 is 12.1 Å². The average molecular weight is 631 g/mol. The van der Waals surface area contributed by atoms with Crippen LogP contribution in [0, 0.1) is 5.92 Å². The Bertz CT molecular complexity index is 1280. The molecule has 3 rings (SSSR count). The van der Waals surface area contributed by atoms with Gasteiger partial charge in [-0.2, -0.15) is 0 Å². The Morgan fingerprint density at radius 1 is 0.955 bits per heavy atom. The molecule has 1 fully saturated rings. The number of carbonyl (C=O) groups is 5. The van der Waals surface area contributed by atoms with Gasteiger partial charge in [0.25, 0.3) is 11.8 Å². The first-order chi connectivity index (χ1) is 20.4. The van der Waals surface area contributed by atoms with Gasteiger partial charge in [-0.25, -0.2) is 9.59 Å². The zero-order chi connectivity index (χ0) is 33.0. The van der Waals surface area contributed by atoms with Gasteiger partial charge in [-0.05, 0) is 71.9 Å². The second-order valence-electron chi connectivity index (χ2n) is 13.6. The molecule has 11 nitrogen and oxygen atoms in total. The number of hydrogen-bond acceptors (Lipinski definition) is 8. The summed E-state index contributed by atoms with van der Waals surface area (Å²) in [6.07, 6.45) is -0.173. The first kappa shape index (κ1) is 34.9. The van der Waals surface area contributed by atoms with E-state index in [9.17, 15) is 24.0 Å². The zero-order valence-electron chi connectivity index (χ0n) is 27.1. The van der Waals surface area contributed by atoms with Crippen molar-refractivity contribution in [3.63, 3.8) is 0 Å². The van der Waals surface area contributed by atoms with Gasteiger partial charge in [0, 0.05) is 12.2 Å². The van der Waals surface area contributed by atoms with E-state index in [1.54, 1.807) is 48.5 Å². The van der Waals surface area contributed by atoms with Gasteiger partial charge in [0.1, 0.15) is 40.4 Å². The fourth-order valence-corrected chi connectivity index (χ4v) is 6.13. The number of hydrogen-bond donors (Lipinski definition) is 3. The minimum atomic E-state index is -0.986. The molecule has 242 valence electrons. The maximum atomic E-state index is 13.7. The number of alkyl carbamates (subject to hydrolysis) is 1. The summed E-state index contributed by atoms with van der Waals surface area (Å²) in [5.74, 6) is -1.57. The molecule has 0 saturated carbocycles. The number of rotatable bonds is 10. The van der Waals surface area contributed by atoms with E-state index in [2.05, 4.69) is 16.0 Å². The van der Waals surface area contributed by atoms with Crippen molar-refractivity contribution in [3.05, 3.63) is 47.2 Å². The van der Waals surface area contributed by atoms with Crippen LogP contribution >= 0.6 is 11.8 Å². The van der Waals surface area contributed by atoms with E-state index in [1.807, 2.05) is 44.2 Å². The number of benzene rings is 1. The van der Waals surface area contributed by atoms with E-state index in [-0.39, 0.29) is 18.0 Å². The second-order valence-corrected chi connectivity index (χ2v) is 14.7. The summed E-state index contributed by atoms with van der Waals surface area (Å²) < 4.78 is 10.9. The lowest BCUT2D eigenvalue weighted by molar-refractivity contribution is -0.158. The van der Waals surface area contributed by atoms with Crippen molar-refractivity contribution in [2.75, 3.05) is 5.75 Å². The summed E-state index contributed by atoms with van der Waals surface area (Å²) in [5.41, 5.74) is 0.176. The lowest BCUT2D eigenvalue weighted by Crippen LogP contribution is -2.72. The van der Waals surface area contributed by atoms with Crippen LogP contribution in [0.3, 0.4) is 0 Å². The number of nitrogens with zero attached hydrogens (tertiary/aromatic N) is 1. The van der Waals surface area contributed by atoms with Crippen LogP contribution in [-0.2, 0) is 35.1 Å². The Hall–Kier alpha value is -3.54. The molecule has 1 unspecified atom stereocenters. The molecule has 1 aromatic carbocycles. The Labute approximate surface area is 264 Å². The number of amides is 4. The van der Waals surface area contributed by atoms with E-state index in [1.165, 1.54) is 16.7 Å². The highest BCUT2D eigenvalue weighted by atomic mass is 32.2. The number of ether oxygens (including phenoxy) is 2. The lowest BCUT2D eigenvalue weighted by atomic mass is 9.99. The summed E-state index contributed by atoms with van der Waals surface area (Å²) in [6.45, 7) is 16.1. The minimum absolute atomic E-state index is 0.0769. The minimum Gasteiger partial charge on any atom is -0.458 e. The third-order valence-electron chi connectivity index (χ3n) is 6.67. The van der Waals surface area contributed by atoms with Crippen molar-refractivity contribution in [2.24, 2.45) is 5.92 Å². The summed E-state index contributed by atoms with van der Waals surface area (Å²) in [7, 11) is 0. The predicted molar refractivity (Wildman–Crippen MR) is 168 cm³/mol. The molecule has 12 heteroatoms. The normalized spacial score (nSPS) is 19.8. The molecule has 0 spiro atoms. The van der Waals surface area contributed by atoms with Crippen molar-refractivity contribution in [1.82, 2.24) is 20.9 Å². The quantitative estimate of drug-likeness (QED) is 0.263. The van der Waals surface area contributed by atoms with Crippen LogP contribution in [-0.4, -0.2) is 75.1 Å². The molecular formula is C32H46N4O7S. The van der Waals surface area contributed by atoms with Crippen LogP contribution in [0.5, 0.6) is 0 Å². The number of fused-ring (bicyclic) bond motifs is 1. The molecule has 4 amide bonds. The summed E-state index contributed by atoms with van der Waals surface area (Å²) in [5, 5.41) is 7.69. The van der Waals surface area contributed by atoms with Crippen LogP contribution in [0.15, 0.2) is 41.6 Å². The fourth-order valence-electron chi connectivity index (χ4n) is 4.84. The van der Waals surface area contributed by atoms with Crippen LogP contribution < -0.4 is 16.0 Å². The van der Waals surface area contributed by atoms with Crippen LogP contribution in [0.1, 0.15) is 74.3 Å². The maximum Gasteiger partial charge on any atom is 0.408 e. The molecule has 0 aromatic heterocycles. The van der Waals surface area contributed by atoms with Crippen LogP contribution in [0.25, 0.3) is 0 Å². The molecule has 44 heavy (non-hydrogen) atoms. The molecule has 0 bridgehead atoms. The Balaban J connectivity index is 1.75. The standard InChI is InChI=1S/C32H46N4O7S/c1-18(2)15-21(34-30(41)43-32(7,8)9)25(37)35-23-27(39)36-24(19(3)17-44-28(23)36)26(38)33-22(29(40)42-31(4,5)6)16-20-13-11-10-12-14-20/h10-14,18,21-23,28H,15-17H2,1-9H3,(H,33,38)(H,34,41)(H,35,37)/t21-,22?,23+,28+/m0/s1. The smallest absolute Gasteiger partial charge is 0.408 e. The SMILES string of the molecule is CC1=C(C(=O)NC(Cc2ccccc2)C(=O)OC(C)(C)C)N2C(=O)[C@@H](NC(=O)[C@H](CC(C)C)NC(=O)OC(C)(C)C)[C@H]2SC1. The zero-order valence-corrected chi connectivity index (χ0v) is 27.9. The second kappa shape index (κ2) is 14.0. The summed E-state index contributed by atoms with van der Waals surface area (Å²) in [6, 6.07) is 6.50. The van der Waals surface area contributed by atoms with Gasteiger partial charge in [-0.15, -0.1) is 11.8 Å². The van der Waals surface area contributed by atoms with E-state index in [0.717, 1.165) is 5.56 Å². The number of thioether (sulfide) groups is 1. The Morgan fingerprint density at radius 3 is 2.14 bits per heavy atom. The number of carbonyl (C=O) groups excluding carboxylic acids is 5. The largest absolute Gasteiger partial charge is 0.458 e. The number of nitrogens with one attached hydrogen (secondary N) is 3. The van der Waals surface area contributed by atoms with Gasteiger partial charge in [0.05, 0.1) is 0 Å². The van der Waals surface area contributed by atoms with E-state index in [4.69, 9.17) is 9.47 Å². The van der Waals surface area contributed by atoms with Gasteiger partial charge in [0.15, 0.2) is 0 Å². The highest BCUT2D eigenvalue weighted by Gasteiger charge is 2.54. The van der Waals surface area contributed by atoms with Gasteiger partial charge < -0.3 is 25.4 Å². The highest BCUT2D eigenvalue weighted by Crippen LogP contribution is 2.40. The molecular weight excluding hydrogens is 584 g/mol. The molecule has 1 aromatic rings. The Morgan fingerprint density at radius 2 is 1.57 bits per heavy atom. The number of β-lactam (4-membered cyclic amide) rings is 1. The molecule has 3 N–H and O–H groups in total. The monoisotopic (exact) mass is 630 g/mol. The third kappa shape index (κ3) is 9.48. The van der Waals surface area contributed by atoms with Crippen molar-refractivity contribution < 1.29 is 33.4 Å². The topological polar surface area (TPSA) is 143 Å². The first-order valence-electron chi connectivity index (χ1n) is 14.9. The van der Waals surface area contributed by atoms with E-state index < -0.39 is 64.5 Å². The first-order valence-corrected chi connectivity index (χ1v) is 15.9. The van der Waals surface area contributed by atoms with E-state index >= 15 is 0 Å². The fraction of sp³-hybridized carbons (Fsp3) is 0.594.